The summed E-state index contributed by atoms with van der Waals surface area (Å²) in [5, 5.41) is 0.818. The smallest absolute Gasteiger partial charge is 0.172 e. The lowest BCUT2D eigenvalue weighted by molar-refractivity contribution is 0.603. The second kappa shape index (κ2) is 6.01. The highest BCUT2D eigenvalue weighted by molar-refractivity contribution is 8.00. The number of sulfone groups is 1. The molecule has 20 heavy (non-hydrogen) atoms. The van der Waals surface area contributed by atoms with Gasteiger partial charge in [0.25, 0.3) is 0 Å². The van der Waals surface area contributed by atoms with Crippen LogP contribution in [-0.4, -0.2) is 35.7 Å². The fraction of sp³-hybridized carbons (Fsp3) is 0.357. The average Bonchev–Trinajstić information content (AvgIpc) is 2.74. The minimum Gasteiger partial charge on any atom is -0.295 e. The molecule has 4 nitrogen and oxygen atoms in total. The Hall–Kier alpha value is -1.27. The summed E-state index contributed by atoms with van der Waals surface area (Å²) < 4.78 is 24.3. The topological polar surface area (TPSA) is 52.0 Å². The van der Waals surface area contributed by atoms with E-state index >= 15 is 0 Å². The number of aromatic nitrogens is 2. The summed E-state index contributed by atoms with van der Waals surface area (Å²) in [5.41, 5.74) is 3.45. The van der Waals surface area contributed by atoms with Crippen LogP contribution in [0.4, 0.5) is 0 Å². The Kier molecular flexibility index (Phi) is 4.55. The van der Waals surface area contributed by atoms with Gasteiger partial charge in [0.15, 0.2) is 5.16 Å². The third kappa shape index (κ3) is 4.11. The first-order valence-electron chi connectivity index (χ1n) is 6.28. The molecule has 0 radical (unpaired) electrons. The summed E-state index contributed by atoms with van der Waals surface area (Å²) in [5.74, 6) is 0.679. The highest BCUT2D eigenvalue weighted by Crippen LogP contribution is 2.22. The molecule has 1 aromatic heterocycles. The van der Waals surface area contributed by atoms with Crippen molar-refractivity contribution in [2.45, 2.75) is 19.0 Å². The van der Waals surface area contributed by atoms with Crippen molar-refractivity contribution >= 4 is 21.6 Å². The standard InChI is InChI=1S/C14H18N2O2S2/c1-11-8-12(2)10-13(9-11)16-5-4-15-14(16)19-6-7-20(3,17)18/h4-5,8-10H,6-7H2,1-3H3. The van der Waals surface area contributed by atoms with E-state index in [2.05, 4.69) is 37.0 Å². The van der Waals surface area contributed by atoms with Gasteiger partial charge in [-0.2, -0.15) is 0 Å². The monoisotopic (exact) mass is 310 g/mol. The summed E-state index contributed by atoms with van der Waals surface area (Å²) >= 11 is 1.46. The van der Waals surface area contributed by atoms with Gasteiger partial charge in [-0.1, -0.05) is 17.8 Å². The molecule has 1 heterocycles. The zero-order valence-corrected chi connectivity index (χ0v) is 13.5. The number of benzene rings is 1. The van der Waals surface area contributed by atoms with Crippen LogP contribution in [0.3, 0.4) is 0 Å². The Balaban J connectivity index is 2.20. The van der Waals surface area contributed by atoms with Crippen LogP contribution < -0.4 is 0 Å². The summed E-state index contributed by atoms with van der Waals surface area (Å²) in [6, 6.07) is 6.31. The summed E-state index contributed by atoms with van der Waals surface area (Å²) in [6.07, 6.45) is 4.89. The van der Waals surface area contributed by atoms with Crippen molar-refractivity contribution in [1.82, 2.24) is 9.55 Å². The zero-order valence-electron chi connectivity index (χ0n) is 11.8. The number of nitrogens with zero attached hydrogens (tertiary/aromatic N) is 2. The number of hydrogen-bond donors (Lipinski definition) is 0. The second-order valence-electron chi connectivity index (χ2n) is 4.90. The van der Waals surface area contributed by atoms with Crippen LogP contribution in [0, 0.1) is 13.8 Å². The van der Waals surface area contributed by atoms with E-state index in [0.717, 1.165) is 10.8 Å². The zero-order chi connectivity index (χ0) is 14.8. The molecule has 0 amide bonds. The van der Waals surface area contributed by atoms with Crippen LogP contribution in [0.5, 0.6) is 0 Å². The van der Waals surface area contributed by atoms with Crippen LogP contribution in [0.25, 0.3) is 5.69 Å². The Morgan fingerprint density at radius 3 is 2.45 bits per heavy atom. The minimum absolute atomic E-state index is 0.164. The van der Waals surface area contributed by atoms with Crippen molar-refractivity contribution in [2.75, 3.05) is 17.8 Å². The fourth-order valence-corrected chi connectivity index (χ4v) is 4.13. The predicted octanol–water partition coefficient (Wildman–Crippen LogP) is 2.63. The van der Waals surface area contributed by atoms with Gasteiger partial charge < -0.3 is 0 Å². The molecule has 0 bridgehead atoms. The van der Waals surface area contributed by atoms with Crippen molar-refractivity contribution in [2.24, 2.45) is 0 Å². The van der Waals surface area contributed by atoms with Crippen molar-refractivity contribution in [3.63, 3.8) is 0 Å². The average molecular weight is 310 g/mol. The van der Waals surface area contributed by atoms with Crippen molar-refractivity contribution < 1.29 is 8.42 Å². The highest BCUT2D eigenvalue weighted by atomic mass is 32.2. The Morgan fingerprint density at radius 1 is 1.20 bits per heavy atom. The molecule has 2 rings (SSSR count). The molecule has 108 valence electrons. The molecule has 0 N–H and O–H groups in total. The van der Waals surface area contributed by atoms with Gasteiger partial charge in [0.1, 0.15) is 9.84 Å². The highest BCUT2D eigenvalue weighted by Gasteiger charge is 2.09. The third-order valence-electron chi connectivity index (χ3n) is 2.78. The van der Waals surface area contributed by atoms with E-state index < -0.39 is 9.84 Å². The lowest BCUT2D eigenvalue weighted by atomic mass is 10.1. The first-order chi connectivity index (χ1) is 9.35. The van der Waals surface area contributed by atoms with Gasteiger partial charge >= 0.3 is 0 Å². The SMILES string of the molecule is Cc1cc(C)cc(-n2ccnc2SCCS(C)(=O)=O)c1. The molecule has 0 spiro atoms. The maximum Gasteiger partial charge on any atom is 0.172 e. The number of imidazole rings is 1. The molecular weight excluding hydrogens is 292 g/mol. The predicted molar refractivity (Wildman–Crippen MR) is 83.5 cm³/mol. The van der Waals surface area contributed by atoms with E-state index in [0.29, 0.717) is 5.75 Å². The Labute approximate surface area is 124 Å². The first kappa shape index (κ1) is 15.1. The molecule has 1 aromatic carbocycles. The first-order valence-corrected chi connectivity index (χ1v) is 9.32. The summed E-state index contributed by atoms with van der Waals surface area (Å²) in [7, 11) is -2.93. The van der Waals surface area contributed by atoms with Crippen molar-refractivity contribution in [3.05, 3.63) is 41.7 Å². The van der Waals surface area contributed by atoms with Gasteiger partial charge in [-0.3, -0.25) is 4.57 Å². The van der Waals surface area contributed by atoms with Gasteiger partial charge in [0.05, 0.1) is 5.75 Å². The van der Waals surface area contributed by atoms with E-state index in [-0.39, 0.29) is 5.75 Å². The molecule has 0 aliphatic rings. The molecule has 0 saturated heterocycles. The maximum absolute atomic E-state index is 11.2. The van der Waals surface area contributed by atoms with Crippen LogP contribution >= 0.6 is 11.8 Å². The molecule has 0 unspecified atom stereocenters. The molecule has 0 aliphatic heterocycles. The van der Waals surface area contributed by atoms with Crippen molar-refractivity contribution in [3.8, 4) is 5.69 Å². The van der Waals surface area contributed by atoms with E-state index in [1.54, 1.807) is 6.20 Å². The second-order valence-corrected chi connectivity index (χ2v) is 8.23. The van der Waals surface area contributed by atoms with E-state index in [4.69, 9.17) is 0 Å². The fourth-order valence-electron chi connectivity index (χ4n) is 1.97. The van der Waals surface area contributed by atoms with E-state index in [1.807, 2.05) is 10.8 Å². The van der Waals surface area contributed by atoms with Crippen LogP contribution in [0.15, 0.2) is 35.7 Å². The minimum atomic E-state index is -2.93. The molecule has 0 aliphatic carbocycles. The molecule has 6 heteroatoms. The third-order valence-corrected chi connectivity index (χ3v) is 4.95. The van der Waals surface area contributed by atoms with Gasteiger partial charge in [-0.25, -0.2) is 13.4 Å². The van der Waals surface area contributed by atoms with Crippen LogP contribution in [0.1, 0.15) is 11.1 Å². The molecular formula is C14H18N2O2S2. The number of aryl methyl sites for hydroxylation is 2. The number of thioether (sulfide) groups is 1. The van der Waals surface area contributed by atoms with Gasteiger partial charge in [0, 0.05) is 30.1 Å². The number of rotatable bonds is 5. The summed E-state index contributed by atoms with van der Waals surface area (Å²) in [6.45, 7) is 4.12. The Morgan fingerprint density at radius 2 is 1.85 bits per heavy atom. The lowest BCUT2D eigenvalue weighted by Gasteiger charge is -2.09. The van der Waals surface area contributed by atoms with Crippen molar-refractivity contribution in [1.29, 1.82) is 0 Å². The molecule has 0 saturated carbocycles. The molecule has 2 aromatic rings. The molecule has 0 fully saturated rings. The quantitative estimate of drug-likeness (QED) is 0.797. The van der Waals surface area contributed by atoms with Gasteiger partial charge in [0.2, 0.25) is 0 Å². The van der Waals surface area contributed by atoms with Crippen LogP contribution in [-0.2, 0) is 9.84 Å². The summed E-state index contributed by atoms with van der Waals surface area (Å²) in [4.78, 5) is 4.30. The largest absolute Gasteiger partial charge is 0.295 e. The van der Waals surface area contributed by atoms with E-state index in [9.17, 15) is 8.42 Å². The van der Waals surface area contributed by atoms with Gasteiger partial charge in [-0.15, -0.1) is 0 Å². The lowest BCUT2D eigenvalue weighted by Crippen LogP contribution is -2.06. The van der Waals surface area contributed by atoms with Crippen LogP contribution in [0.2, 0.25) is 0 Å². The maximum atomic E-state index is 11.2. The van der Waals surface area contributed by atoms with Gasteiger partial charge in [-0.05, 0) is 37.1 Å². The van der Waals surface area contributed by atoms with E-state index in [1.165, 1.54) is 29.1 Å². The molecule has 0 atom stereocenters. The normalized spacial score (nSPS) is 11.8. The number of hydrogen-bond acceptors (Lipinski definition) is 4. The Bertz CT molecular complexity index is 685.